The van der Waals surface area contributed by atoms with Crippen molar-refractivity contribution in [3.05, 3.63) is 51.9 Å². The number of carbonyl (C=O) groups is 2. The average molecular weight is 387 g/mol. The molecule has 9 nitrogen and oxygen atoms in total. The molecule has 0 aliphatic heterocycles. The van der Waals surface area contributed by atoms with Crippen LogP contribution in [-0.4, -0.2) is 43.8 Å². The molecule has 10 heteroatoms. The number of ether oxygens (including phenoxy) is 1. The number of nitrogens with zero attached hydrogens (tertiary/aromatic N) is 3. The van der Waals surface area contributed by atoms with Crippen LogP contribution in [0.1, 0.15) is 23.0 Å². The molecule has 3 rings (SSSR count). The number of hydrogen-bond acceptors (Lipinski definition) is 7. The highest BCUT2D eigenvalue weighted by molar-refractivity contribution is 7.99. The molecule has 0 bridgehead atoms. The fourth-order valence-corrected chi connectivity index (χ4v) is 3.25. The van der Waals surface area contributed by atoms with E-state index in [-0.39, 0.29) is 23.8 Å². The van der Waals surface area contributed by atoms with E-state index in [0.717, 1.165) is 0 Å². The second kappa shape index (κ2) is 8.04. The molecular formula is C17H17N5O4S. The van der Waals surface area contributed by atoms with Gasteiger partial charge in [-0.15, -0.1) is 10.2 Å². The lowest BCUT2D eigenvalue weighted by atomic mass is 10.2. The maximum absolute atomic E-state index is 12.3. The van der Waals surface area contributed by atoms with Gasteiger partial charge >= 0.3 is 5.97 Å². The molecule has 2 heterocycles. The van der Waals surface area contributed by atoms with Crippen LogP contribution in [0.5, 0.6) is 0 Å². The first-order chi connectivity index (χ1) is 13.0. The number of esters is 1. The third-order valence-electron chi connectivity index (χ3n) is 3.59. The standard InChI is InChI=1S/C17H17N5O4S/c1-3-26-15(25)11-6-4-5-7-12(11)18-14(24)9-27-17-21-20-16-19-13(23)8-10(2)22(16)17/h4-8H,3,9H2,1-2H3,(H,18,24)(H,19,20,23). The third-order valence-corrected chi connectivity index (χ3v) is 4.52. The fraction of sp³-hybridized carbons (Fsp3) is 0.235. The second-order valence-electron chi connectivity index (χ2n) is 5.52. The van der Waals surface area contributed by atoms with Crippen molar-refractivity contribution < 1.29 is 14.3 Å². The summed E-state index contributed by atoms with van der Waals surface area (Å²) in [6, 6.07) is 8.07. The van der Waals surface area contributed by atoms with Crippen LogP contribution in [0.25, 0.3) is 5.78 Å². The highest BCUT2D eigenvalue weighted by atomic mass is 32.2. The van der Waals surface area contributed by atoms with Crippen LogP contribution in [0.2, 0.25) is 0 Å². The van der Waals surface area contributed by atoms with E-state index < -0.39 is 5.97 Å². The minimum Gasteiger partial charge on any atom is -0.462 e. The summed E-state index contributed by atoms with van der Waals surface area (Å²) in [6.07, 6.45) is 0. The summed E-state index contributed by atoms with van der Waals surface area (Å²) in [5.41, 5.74) is 1.07. The number of thioether (sulfide) groups is 1. The van der Waals surface area contributed by atoms with Gasteiger partial charge in [0.05, 0.1) is 23.6 Å². The first kappa shape index (κ1) is 18.6. The van der Waals surface area contributed by atoms with Crippen molar-refractivity contribution in [1.29, 1.82) is 0 Å². The van der Waals surface area contributed by atoms with E-state index in [2.05, 4.69) is 20.5 Å². The molecule has 0 saturated carbocycles. The molecule has 0 unspecified atom stereocenters. The molecule has 0 spiro atoms. The molecule has 140 valence electrons. The van der Waals surface area contributed by atoms with Gasteiger partial charge < -0.3 is 10.1 Å². The van der Waals surface area contributed by atoms with Gasteiger partial charge in [-0.1, -0.05) is 23.9 Å². The van der Waals surface area contributed by atoms with Gasteiger partial charge in [0, 0.05) is 11.8 Å². The first-order valence-corrected chi connectivity index (χ1v) is 9.12. The van der Waals surface area contributed by atoms with Crippen molar-refractivity contribution in [2.75, 3.05) is 17.7 Å². The van der Waals surface area contributed by atoms with Crippen molar-refractivity contribution in [3.8, 4) is 0 Å². The molecule has 3 aromatic rings. The van der Waals surface area contributed by atoms with Gasteiger partial charge in [0.25, 0.3) is 5.56 Å². The third kappa shape index (κ3) is 4.17. The summed E-state index contributed by atoms with van der Waals surface area (Å²) in [7, 11) is 0. The number of H-pyrrole nitrogens is 1. The lowest BCUT2D eigenvalue weighted by Gasteiger charge is -2.10. The SMILES string of the molecule is CCOC(=O)c1ccccc1NC(=O)CSc1nnc2[nH]c(=O)cc(C)n12. The Morgan fingerprint density at radius 2 is 2.07 bits per heavy atom. The molecule has 2 N–H and O–H groups in total. The van der Waals surface area contributed by atoms with Crippen LogP contribution in [0, 0.1) is 6.92 Å². The predicted octanol–water partition coefficient (Wildman–Crippen LogP) is 1.63. The molecule has 1 aromatic carbocycles. The summed E-state index contributed by atoms with van der Waals surface area (Å²) in [4.78, 5) is 38.3. The molecule has 0 aliphatic carbocycles. The van der Waals surface area contributed by atoms with E-state index in [1.54, 1.807) is 42.5 Å². The summed E-state index contributed by atoms with van der Waals surface area (Å²) in [5, 5.41) is 11.1. The Kier molecular flexibility index (Phi) is 5.55. The number of hydrogen-bond donors (Lipinski definition) is 2. The maximum atomic E-state index is 12.3. The van der Waals surface area contributed by atoms with Gasteiger partial charge in [0.15, 0.2) is 5.16 Å². The van der Waals surface area contributed by atoms with Crippen molar-refractivity contribution in [2.45, 2.75) is 19.0 Å². The Labute approximate surface area is 158 Å². The Balaban J connectivity index is 1.71. The monoisotopic (exact) mass is 387 g/mol. The minimum atomic E-state index is -0.496. The number of aromatic amines is 1. The quantitative estimate of drug-likeness (QED) is 0.487. The van der Waals surface area contributed by atoms with E-state index >= 15 is 0 Å². The van der Waals surface area contributed by atoms with E-state index in [1.807, 2.05) is 0 Å². The molecule has 27 heavy (non-hydrogen) atoms. The van der Waals surface area contributed by atoms with Crippen LogP contribution in [0.4, 0.5) is 5.69 Å². The minimum absolute atomic E-state index is 0.0521. The van der Waals surface area contributed by atoms with Gasteiger partial charge in [0.1, 0.15) is 0 Å². The maximum Gasteiger partial charge on any atom is 0.340 e. The Morgan fingerprint density at radius 1 is 1.30 bits per heavy atom. The number of carbonyl (C=O) groups excluding carboxylic acids is 2. The lowest BCUT2D eigenvalue weighted by molar-refractivity contribution is -0.113. The van der Waals surface area contributed by atoms with E-state index in [9.17, 15) is 14.4 Å². The average Bonchev–Trinajstić information content (AvgIpc) is 3.03. The summed E-state index contributed by atoms with van der Waals surface area (Å²) < 4.78 is 6.65. The molecule has 0 fully saturated rings. The number of benzene rings is 1. The van der Waals surface area contributed by atoms with Crippen molar-refractivity contribution >= 4 is 35.1 Å². The Hall–Kier alpha value is -3.14. The van der Waals surface area contributed by atoms with E-state index in [1.165, 1.54) is 17.8 Å². The normalized spacial score (nSPS) is 10.7. The zero-order valence-corrected chi connectivity index (χ0v) is 15.5. The number of para-hydroxylation sites is 1. The summed E-state index contributed by atoms with van der Waals surface area (Å²) >= 11 is 1.17. The predicted molar refractivity (Wildman–Crippen MR) is 100 cm³/mol. The first-order valence-electron chi connectivity index (χ1n) is 8.13. The fourth-order valence-electron chi connectivity index (χ4n) is 2.46. The summed E-state index contributed by atoms with van der Waals surface area (Å²) in [5.74, 6) is -0.438. The molecular weight excluding hydrogens is 370 g/mol. The van der Waals surface area contributed by atoms with E-state index in [0.29, 0.717) is 27.9 Å². The molecule has 0 atom stereocenters. The topological polar surface area (TPSA) is 118 Å². The van der Waals surface area contributed by atoms with Crippen LogP contribution >= 0.6 is 11.8 Å². The van der Waals surface area contributed by atoms with Gasteiger partial charge in [-0.3, -0.25) is 19.0 Å². The largest absolute Gasteiger partial charge is 0.462 e. The number of amides is 1. The highest BCUT2D eigenvalue weighted by Crippen LogP contribution is 2.19. The number of aromatic nitrogens is 4. The second-order valence-corrected chi connectivity index (χ2v) is 6.46. The van der Waals surface area contributed by atoms with Gasteiger partial charge in [0.2, 0.25) is 11.7 Å². The molecule has 0 aliphatic rings. The van der Waals surface area contributed by atoms with Gasteiger partial charge in [-0.2, -0.15) is 0 Å². The molecule has 0 saturated heterocycles. The number of rotatable bonds is 6. The number of aryl methyl sites for hydroxylation is 1. The van der Waals surface area contributed by atoms with Crippen molar-refractivity contribution in [1.82, 2.24) is 19.6 Å². The van der Waals surface area contributed by atoms with Crippen molar-refractivity contribution in [3.63, 3.8) is 0 Å². The van der Waals surface area contributed by atoms with Crippen LogP contribution < -0.4 is 10.9 Å². The van der Waals surface area contributed by atoms with Crippen LogP contribution in [0.15, 0.2) is 40.3 Å². The highest BCUT2D eigenvalue weighted by Gasteiger charge is 2.15. The zero-order chi connectivity index (χ0) is 19.4. The number of fused-ring (bicyclic) bond motifs is 1. The number of anilines is 1. The van der Waals surface area contributed by atoms with E-state index in [4.69, 9.17) is 4.74 Å². The van der Waals surface area contributed by atoms with Gasteiger partial charge in [-0.25, -0.2) is 4.79 Å². The summed E-state index contributed by atoms with van der Waals surface area (Å²) in [6.45, 7) is 3.72. The molecule has 2 aromatic heterocycles. The molecule has 1 amide bonds. The lowest BCUT2D eigenvalue weighted by Crippen LogP contribution is -2.17. The van der Waals surface area contributed by atoms with Gasteiger partial charge in [-0.05, 0) is 26.0 Å². The zero-order valence-electron chi connectivity index (χ0n) is 14.7. The van der Waals surface area contributed by atoms with Crippen molar-refractivity contribution in [2.24, 2.45) is 0 Å². The van der Waals surface area contributed by atoms with Crippen LogP contribution in [-0.2, 0) is 9.53 Å². The Morgan fingerprint density at radius 3 is 2.85 bits per heavy atom. The molecule has 0 radical (unpaired) electrons. The van der Waals surface area contributed by atoms with Crippen LogP contribution in [0.3, 0.4) is 0 Å². The smallest absolute Gasteiger partial charge is 0.340 e. The Bertz CT molecular complexity index is 1060. The number of nitrogens with one attached hydrogen (secondary N) is 2.